The van der Waals surface area contributed by atoms with Crippen molar-refractivity contribution in [1.82, 2.24) is 29.6 Å². The summed E-state index contributed by atoms with van der Waals surface area (Å²) in [6.07, 6.45) is 5.57. The molecule has 2 aromatic carbocycles. The number of anilines is 2. The summed E-state index contributed by atoms with van der Waals surface area (Å²) in [6, 6.07) is 16.2. The monoisotopic (exact) mass is 642 g/mol. The highest BCUT2D eigenvalue weighted by atomic mass is 32.2. The number of fused-ring (bicyclic) bond motifs is 1. The molecule has 5 rings (SSSR count). The summed E-state index contributed by atoms with van der Waals surface area (Å²) >= 11 is 1.46. The molecule has 240 valence electrons. The number of nitrogens with one attached hydrogen (secondary N) is 3. The maximum Gasteiger partial charge on any atom is 0.324 e. The molecule has 0 radical (unpaired) electrons. The van der Waals surface area contributed by atoms with E-state index in [1.165, 1.54) is 24.2 Å². The fourth-order valence-corrected chi connectivity index (χ4v) is 5.10. The first kappa shape index (κ1) is 32.5. The van der Waals surface area contributed by atoms with Gasteiger partial charge in [0.2, 0.25) is 0 Å². The number of hydrogen-bond donors (Lipinski definition) is 3. The number of thioether (sulfide) groups is 1. The van der Waals surface area contributed by atoms with Crippen LogP contribution in [-0.2, 0) is 5.41 Å². The van der Waals surface area contributed by atoms with E-state index < -0.39 is 6.03 Å². The summed E-state index contributed by atoms with van der Waals surface area (Å²) in [5.41, 5.74) is 2.42. The molecule has 0 saturated carbocycles. The summed E-state index contributed by atoms with van der Waals surface area (Å²) in [6.45, 7) is 7.82. The van der Waals surface area contributed by atoms with E-state index in [9.17, 15) is 9.59 Å². The number of hydrogen-bond acceptors (Lipinski definition) is 9. The first-order chi connectivity index (χ1) is 22.0. The normalized spacial score (nSPS) is 11.5. The van der Waals surface area contributed by atoms with Gasteiger partial charge in [0.1, 0.15) is 22.8 Å². The van der Waals surface area contributed by atoms with Crippen LogP contribution in [0.1, 0.15) is 32.9 Å². The Labute approximate surface area is 271 Å². The van der Waals surface area contributed by atoms with E-state index >= 15 is 0 Å². The van der Waals surface area contributed by atoms with Gasteiger partial charge < -0.3 is 24.7 Å². The van der Waals surface area contributed by atoms with Gasteiger partial charge in [-0.15, -0.1) is 11.8 Å². The largest absolute Gasteiger partial charge is 0.494 e. The van der Waals surface area contributed by atoms with Crippen molar-refractivity contribution in [2.75, 3.05) is 44.1 Å². The molecule has 0 atom stereocenters. The number of urea groups is 1. The Balaban J connectivity index is 1.31. The van der Waals surface area contributed by atoms with Gasteiger partial charge in [-0.25, -0.2) is 19.4 Å². The van der Waals surface area contributed by atoms with Gasteiger partial charge >= 0.3 is 6.03 Å². The van der Waals surface area contributed by atoms with Crippen LogP contribution in [0.25, 0.3) is 16.9 Å². The van der Waals surface area contributed by atoms with Gasteiger partial charge in [-0.1, -0.05) is 20.8 Å². The van der Waals surface area contributed by atoms with E-state index in [4.69, 9.17) is 14.6 Å². The molecule has 2 amide bonds. The standard InChI is InChI=1S/C33H38N8O4S/c1-33(2,3)27-19-28(41(39-27)21-8-10-22(11-9-21)44-17-7-16-40(4)5)37-32(43)36-24-13-12-23(18-26(24)46-6)45-25-14-15-34-31-30(25)35-20-29(42)38-31/h8-15,18-20H,7,16-17H2,1-6H3,(H,34,38,42)(H2,36,37,43). The van der Waals surface area contributed by atoms with Crippen molar-refractivity contribution in [2.45, 2.75) is 37.5 Å². The van der Waals surface area contributed by atoms with Gasteiger partial charge in [-0.3, -0.25) is 10.1 Å². The van der Waals surface area contributed by atoms with Crippen LogP contribution in [0.4, 0.5) is 16.3 Å². The van der Waals surface area contributed by atoms with Crippen molar-refractivity contribution >= 4 is 40.5 Å². The van der Waals surface area contributed by atoms with Gasteiger partial charge in [0.05, 0.1) is 29.9 Å². The number of rotatable bonds is 11. The molecule has 46 heavy (non-hydrogen) atoms. The fraction of sp³-hybridized carbons (Fsp3) is 0.303. The quantitative estimate of drug-likeness (QED) is 0.112. The molecule has 0 spiro atoms. The van der Waals surface area contributed by atoms with E-state index in [0.717, 1.165) is 35.0 Å². The lowest BCUT2D eigenvalue weighted by Crippen LogP contribution is -2.21. The molecule has 3 aromatic heterocycles. The predicted molar refractivity (Wildman–Crippen MR) is 182 cm³/mol. The van der Waals surface area contributed by atoms with E-state index in [2.05, 4.69) is 51.3 Å². The topological polar surface area (TPSA) is 139 Å². The molecule has 3 N–H and O–H groups in total. The number of amides is 2. The highest BCUT2D eigenvalue weighted by molar-refractivity contribution is 7.98. The molecule has 5 aromatic rings. The van der Waals surface area contributed by atoms with Gasteiger partial charge in [0.25, 0.3) is 5.56 Å². The number of carbonyl (C=O) groups is 1. The van der Waals surface area contributed by atoms with Crippen LogP contribution in [0.3, 0.4) is 0 Å². The van der Waals surface area contributed by atoms with Crippen molar-refractivity contribution in [3.63, 3.8) is 0 Å². The number of pyridine rings is 1. The molecule has 3 heterocycles. The zero-order valence-corrected chi connectivity index (χ0v) is 27.6. The van der Waals surface area contributed by atoms with Crippen molar-refractivity contribution < 1.29 is 14.3 Å². The smallest absolute Gasteiger partial charge is 0.324 e. The van der Waals surface area contributed by atoms with Gasteiger partial charge in [-0.2, -0.15) is 5.10 Å². The Bertz CT molecular complexity index is 1880. The van der Waals surface area contributed by atoms with Crippen LogP contribution in [0, 0.1) is 0 Å². The van der Waals surface area contributed by atoms with E-state index in [1.807, 2.05) is 56.7 Å². The minimum atomic E-state index is -0.417. The highest BCUT2D eigenvalue weighted by Gasteiger charge is 2.22. The summed E-state index contributed by atoms with van der Waals surface area (Å²) < 4.78 is 13.7. The van der Waals surface area contributed by atoms with E-state index in [0.29, 0.717) is 40.8 Å². The van der Waals surface area contributed by atoms with Crippen LogP contribution >= 0.6 is 11.8 Å². The average Bonchev–Trinajstić information content (AvgIpc) is 3.44. The average molecular weight is 643 g/mol. The van der Waals surface area contributed by atoms with Crippen molar-refractivity contribution in [3.8, 4) is 22.9 Å². The molecule has 12 nitrogen and oxygen atoms in total. The highest BCUT2D eigenvalue weighted by Crippen LogP contribution is 2.34. The molecule has 0 unspecified atom stereocenters. The Morgan fingerprint density at radius 3 is 2.50 bits per heavy atom. The van der Waals surface area contributed by atoms with Gasteiger partial charge in [-0.05, 0) is 69.2 Å². The third-order valence-corrected chi connectivity index (χ3v) is 7.69. The molecule has 0 saturated heterocycles. The van der Waals surface area contributed by atoms with Gasteiger partial charge in [0, 0.05) is 35.2 Å². The van der Waals surface area contributed by atoms with Crippen molar-refractivity contribution in [3.05, 3.63) is 83.0 Å². The van der Waals surface area contributed by atoms with Crippen LogP contribution < -0.4 is 25.7 Å². The number of ether oxygens (including phenoxy) is 2. The molecule has 13 heteroatoms. The maximum absolute atomic E-state index is 13.3. The SMILES string of the molecule is CSc1cc(Oc2ccnc3[nH]c(=O)cnc23)ccc1NC(=O)Nc1cc(C(C)(C)C)nn1-c1ccc(OCCCN(C)C)cc1. The van der Waals surface area contributed by atoms with Gasteiger partial charge in [0.15, 0.2) is 11.4 Å². The lowest BCUT2D eigenvalue weighted by atomic mass is 9.92. The first-order valence-corrected chi connectivity index (χ1v) is 16.0. The predicted octanol–water partition coefficient (Wildman–Crippen LogP) is 6.29. The Hall–Kier alpha value is -4.88. The van der Waals surface area contributed by atoms with Crippen LogP contribution in [0.15, 0.2) is 76.7 Å². The second-order valence-electron chi connectivity index (χ2n) is 11.9. The Kier molecular flexibility index (Phi) is 9.93. The Morgan fingerprint density at radius 1 is 1.02 bits per heavy atom. The maximum atomic E-state index is 13.3. The summed E-state index contributed by atoms with van der Waals surface area (Å²) in [5, 5.41) is 10.8. The number of carbonyl (C=O) groups excluding carboxylic acids is 1. The van der Waals surface area contributed by atoms with E-state index in [-0.39, 0.29) is 11.0 Å². The fourth-order valence-electron chi connectivity index (χ4n) is 4.53. The molecule has 0 aliphatic heterocycles. The lowest BCUT2D eigenvalue weighted by Gasteiger charge is -2.14. The van der Waals surface area contributed by atoms with Crippen molar-refractivity contribution in [1.29, 1.82) is 0 Å². The van der Waals surface area contributed by atoms with Crippen LogP contribution in [0.2, 0.25) is 0 Å². The minimum absolute atomic E-state index is 0.236. The molecule has 0 aliphatic rings. The van der Waals surface area contributed by atoms with Crippen LogP contribution in [0.5, 0.6) is 17.2 Å². The summed E-state index contributed by atoms with van der Waals surface area (Å²) in [7, 11) is 4.08. The second kappa shape index (κ2) is 14.0. The van der Waals surface area contributed by atoms with Crippen LogP contribution in [-0.4, -0.2) is 69.2 Å². The number of H-pyrrole nitrogens is 1. The minimum Gasteiger partial charge on any atom is -0.494 e. The first-order valence-electron chi connectivity index (χ1n) is 14.8. The zero-order valence-electron chi connectivity index (χ0n) is 26.7. The second-order valence-corrected chi connectivity index (χ2v) is 12.7. The number of benzene rings is 2. The summed E-state index contributed by atoms with van der Waals surface area (Å²) in [5.74, 6) is 2.29. The lowest BCUT2D eigenvalue weighted by molar-refractivity contribution is 0.262. The third kappa shape index (κ3) is 8.03. The third-order valence-electron chi connectivity index (χ3n) is 6.91. The molecular formula is C33H38N8O4S. The zero-order chi connectivity index (χ0) is 32.8. The molecule has 0 bridgehead atoms. The number of aromatic amines is 1. The molecule has 0 aliphatic carbocycles. The summed E-state index contributed by atoms with van der Waals surface area (Å²) in [4.78, 5) is 38.8. The Morgan fingerprint density at radius 2 is 1.78 bits per heavy atom. The molecule has 0 fully saturated rings. The number of aromatic nitrogens is 5. The molecular weight excluding hydrogens is 604 g/mol. The van der Waals surface area contributed by atoms with E-state index in [1.54, 1.807) is 22.9 Å². The van der Waals surface area contributed by atoms with Crippen molar-refractivity contribution in [2.24, 2.45) is 0 Å². The number of nitrogens with zero attached hydrogens (tertiary/aromatic N) is 5.